The Morgan fingerprint density at radius 3 is 1.80 bits per heavy atom. The maximum absolute atomic E-state index is 13.4. The molecule has 0 unspecified atom stereocenters. The van der Waals surface area contributed by atoms with E-state index >= 15 is 0 Å². The van der Waals surface area contributed by atoms with Crippen LogP contribution in [0.15, 0.2) is 73.3 Å². The van der Waals surface area contributed by atoms with Crippen molar-refractivity contribution < 1.29 is 13.2 Å². The van der Waals surface area contributed by atoms with Gasteiger partial charge < -0.3 is 4.80 Å². The first-order valence-corrected chi connectivity index (χ1v) is 14.3. The fourth-order valence-corrected chi connectivity index (χ4v) is 11.4. The third-order valence-electron chi connectivity index (χ3n) is 7.60. The van der Waals surface area contributed by atoms with Crippen molar-refractivity contribution in [3.63, 3.8) is 0 Å². The Bertz CT molecular complexity index is 981. The predicted octanol–water partition coefficient (Wildman–Crippen LogP) is 3.97. The first-order chi connectivity index (χ1) is 14.1. The van der Waals surface area contributed by atoms with Crippen molar-refractivity contribution in [1.29, 1.82) is 0 Å². The molecule has 2 fully saturated rings. The zero-order chi connectivity index (χ0) is 21.7. The molecule has 0 saturated heterocycles. The summed E-state index contributed by atoms with van der Waals surface area (Å²) in [6.45, 7) is 8.04. The Kier molecular flexibility index (Phi) is 5.15. The summed E-state index contributed by atoms with van der Waals surface area (Å²) >= 11 is 0. The summed E-state index contributed by atoms with van der Waals surface area (Å²) < 4.78 is 25.5. The lowest BCUT2D eigenvalue weighted by atomic mass is 10.0. The second-order valence-corrected chi connectivity index (χ2v) is 16.4. The lowest BCUT2D eigenvalue weighted by Crippen LogP contribution is -2.65. The van der Waals surface area contributed by atoms with Crippen LogP contribution in [0.3, 0.4) is 0 Å². The first kappa shape index (κ1) is 21.5. The van der Waals surface area contributed by atoms with Gasteiger partial charge in [-0.05, 0) is 53.9 Å². The smallest absolute Gasteiger partial charge is 0.258 e. The summed E-state index contributed by atoms with van der Waals surface area (Å²) in [5, 5.41) is 1.52. The normalized spacial score (nSPS) is 19.8. The van der Waals surface area contributed by atoms with E-state index in [9.17, 15) is 13.2 Å². The molecule has 2 aromatic carbocycles. The number of sulfone groups is 1. The van der Waals surface area contributed by atoms with Crippen LogP contribution in [-0.4, -0.2) is 31.0 Å². The summed E-state index contributed by atoms with van der Waals surface area (Å²) in [5.41, 5.74) is 0. The molecule has 30 heavy (non-hydrogen) atoms. The summed E-state index contributed by atoms with van der Waals surface area (Å²) in [4.78, 5) is 12.3. The van der Waals surface area contributed by atoms with Crippen molar-refractivity contribution in [2.45, 2.75) is 66.9 Å². The molecular weight excluding hydrogens is 408 g/mol. The van der Waals surface area contributed by atoms with Gasteiger partial charge in [0.05, 0.1) is 9.49 Å². The lowest BCUT2D eigenvalue weighted by molar-refractivity contribution is 0.447. The van der Waals surface area contributed by atoms with Crippen LogP contribution in [0, 0.1) is 0 Å². The Hall–Kier alpha value is -1.69. The summed E-state index contributed by atoms with van der Waals surface area (Å²) in [6.07, 6.45) is 5.81. The van der Waals surface area contributed by atoms with Crippen molar-refractivity contribution >= 4 is 28.5 Å². The van der Waals surface area contributed by atoms with Crippen LogP contribution >= 0.6 is 0 Å². The highest BCUT2D eigenvalue weighted by atomic mass is 32.2. The van der Waals surface area contributed by atoms with E-state index in [1.165, 1.54) is 0 Å². The van der Waals surface area contributed by atoms with E-state index in [4.69, 9.17) is 0 Å². The van der Waals surface area contributed by atoms with Crippen molar-refractivity contribution in [2.75, 3.05) is 0 Å². The minimum absolute atomic E-state index is 0.425. The van der Waals surface area contributed by atoms with Crippen molar-refractivity contribution in [3.05, 3.63) is 73.3 Å². The number of benzene rings is 2. The van der Waals surface area contributed by atoms with Crippen LogP contribution in [0.2, 0.25) is 5.04 Å². The highest BCUT2D eigenvalue weighted by Crippen LogP contribution is 2.60. The first-order valence-electron chi connectivity index (χ1n) is 10.9. The predicted molar refractivity (Wildman–Crippen MR) is 126 cm³/mol. The van der Waals surface area contributed by atoms with Crippen molar-refractivity contribution in [1.82, 2.24) is 0 Å². The van der Waals surface area contributed by atoms with E-state index in [1.54, 1.807) is 6.08 Å². The quantitative estimate of drug-likeness (QED) is 0.474. The number of hydrogen-bond acceptors (Lipinski definition) is 3. The molecule has 0 spiro atoms. The molecule has 160 valence electrons. The van der Waals surface area contributed by atoms with E-state index in [2.05, 4.69) is 20.4 Å². The van der Waals surface area contributed by atoms with E-state index in [0.717, 1.165) is 23.2 Å². The van der Waals surface area contributed by atoms with E-state index in [0.29, 0.717) is 25.7 Å². The van der Waals surface area contributed by atoms with Gasteiger partial charge in [-0.1, -0.05) is 80.6 Å². The van der Waals surface area contributed by atoms with Gasteiger partial charge in [0.25, 0.3) is 8.32 Å². The molecule has 0 aliphatic heterocycles. The molecule has 0 amide bonds. The Labute approximate surface area is 181 Å². The molecule has 2 aliphatic carbocycles. The highest BCUT2D eigenvalue weighted by Gasteiger charge is 2.66. The van der Waals surface area contributed by atoms with Gasteiger partial charge in [0.2, 0.25) is 0 Å². The molecule has 5 heteroatoms. The van der Waals surface area contributed by atoms with E-state index in [-0.39, 0.29) is 0 Å². The van der Waals surface area contributed by atoms with Crippen LogP contribution in [0.5, 0.6) is 0 Å². The lowest BCUT2D eigenvalue weighted by Gasteiger charge is -2.42. The molecule has 3 nitrogen and oxygen atoms in total. The van der Waals surface area contributed by atoms with E-state index in [1.807, 2.05) is 60.7 Å². The van der Waals surface area contributed by atoms with Gasteiger partial charge in [-0.25, -0.2) is 8.42 Å². The molecule has 1 N–H and O–H groups in total. The topological polar surface area (TPSA) is 54.4 Å². The van der Waals surface area contributed by atoms with Crippen LogP contribution in [0.25, 0.3) is 0 Å². The largest absolute Gasteiger partial charge is 0.424 e. The van der Waals surface area contributed by atoms with Gasteiger partial charge in [0, 0.05) is 0 Å². The minimum Gasteiger partial charge on any atom is -0.424 e. The number of hydrogen-bond donors (Lipinski definition) is 1. The standard InChI is InChI=1S/C25H32O3SSi/c1-4-24(17-18-24)29(26,27)25(19-20-25)16-15-23(2,3)30(28,21-11-7-5-8-12-21)22-13-9-6-10-14-22/h4-14,28H,1,15-20H2,2-3H3. The summed E-state index contributed by atoms with van der Waals surface area (Å²) in [5.74, 6) is 0. The van der Waals surface area contributed by atoms with Gasteiger partial charge in [-0.15, -0.1) is 6.58 Å². The maximum atomic E-state index is 13.4. The average molecular weight is 441 g/mol. The summed E-state index contributed by atoms with van der Waals surface area (Å²) in [6, 6.07) is 19.9. The van der Waals surface area contributed by atoms with Gasteiger partial charge >= 0.3 is 0 Å². The molecule has 0 atom stereocenters. The van der Waals surface area contributed by atoms with Gasteiger partial charge in [0.15, 0.2) is 9.84 Å². The summed E-state index contributed by atoms with van der Waals surface area (Å²) in [7, 11) is -6.36. The van der Waals surface area contributed by atoms with Crippen LogP contribution in [-0.2, 0) is 9.84 Å². The molecule has 0 bridgehead atoms. The van der Waals surface area contributed by atoms with Crippen LogP contribution in [0.4, 0.5) is 0 Å². The second-order valence-electron chi connectivity index (χ2n) is 9.78. The van der Waals surface area contributed by atoms with Gasteiger partial charge in [-0.2, -0.15) is 0 Å². The van der Waals surface area contributed by atoms with Crippen LogP contribution < -0.4 is 10.4 Å². The molecular formula is C25H32O3SSi. The highest BCUT2D eigenvalue weighted by molar-refractivity contribution is 7.95. The zero-order valence-corrected chi connectivity index (χ0v) is 19.8. The third kappa shape index (κ3) is 3.14. The molecule has 4 rings (SSSR count). The van der Waals surface area contributed by atoms with Gasteiger partial charge in [0.1, 0.15) is 0 Å². The third-order valence-corrected chi connectivity index (χ3v) is 15.5. The Morgan fingerprint density at radius 2 is 1.43 bits per heavy atom. The second kappa shape index (κ2) is 7.18. The van der Waals surface area contributed by atoms with E-state index < -0.39 is 32.7 Å². The van der Waals surface area contributed by atoms with Crippen molar-refractivity contribution in [3.8, 4) is 0 Å². The Balaban J connectivity index is 1.66. The monoisotopic (exact) mass is 440 g/mol. The average Bonchev–Trinajstić information content (AvgIpc) is 3.67. The van der Waals surface area contributed by atoms with Gasteiger partial charge in [-0.3, -0.25) is 0 Å². The molecule has 2 aromatic rings. The molecule has 0 heterocycles. The minimum atomic E-state index is -3.25. The SMILES string of the molecule is C=CC1(S(=O)(=O)C2(CCC(C)(C)[Si](O)(c3ccccc3)c3ccccc3)CC2)CC1. The number of rotatable bonds is 9. The zero-order valence-electron chi connectivity index (χ0n) is 18.0. The molecule has 0 radical (unpaired) electrons. The molecule has 2 saturated carbocycles. The molecule has 2 aliphatic rings. The molecule has 0 aromatic heterocycles. The maximum Gasteiger partial charge on any atom is 0.258 e. The van der Waals surface area contributed by atoms with Crippen molar-refractivity contribution in [2.24, 2.45) is 0 Å². The fraction of sp³-hybridized carbons (Fsp3) is 0.440. The van der Waals surface area contributed by atoms with Crippen LogP contribution in [0.1, 0.15) is 52.4 Å². The fourth-order valence-electron chi connectivity index (χ4n) is 4.96. The Morgan fingerprint density at radius 1 is 0.967 bits per heavy atom.